The smallest absolute Gasteiger partial charge is 0.240 e. The van der Waals surface area contributed by atoms with E-state index in [1.807, 2.05) is 54.6 Å². The molecule has 0 aliphatic rings. The highest BCUT2D eigenvalue weighted by molar-refractivity contribution is 6.31. The number of rotatable bonds is 6. The normalized spacial score (nSPS) is 12.3. The van der Waals surface area contributed by atoms with Crippen LogP contribution < -0.4 is 5.32 Å². The molecule has 0 saturated carbocycles. The highest BCUT2D eigenvalue weighted by Gasteiger charge is 2.11. The van der Waals surface area contributed by atoms with E-state index in [1.165, 1.54) is 0 Å². The van der Waals surface area contributed by atoms with Gasteiger partial charge in [0.2, 0.25) is 5.89 Å². The van der Waals surface area contributed by atoms with Crippen LogP contribution in [0.15, 0.2) is 59.1 Å². The third-order valence-electron chi connectivity index (χ3n) is 3.65. The zero-order chi connectivity index (χ0) is 16.1. The molecule has 3 aromatic rings. The molecule has 0 radical (unpaired) electrons. The van der Waals surface area contributed by atoms with Gasteiger partial charge in [0.05, 0.1) is 6.54 Å². The maximum absolute atomic E-state index is 6.20. The maximum atomic E-state index is 6.20. The van der Waals surface area contributed by atoms with Gasteiger partial charge < -0.3 is 9.84 Å². The standard InChI is InChI=1S/C18H18ClN3O/c1-13(15-9-5-6-10-16(15)19)20-12-18-21-17(22-23-18)11-14-7-3-2-4-8-14/h2-10,13,20H,11-12H2,1H3. The largest absolute Gasteiger partial charge is 0.338 e. The van der Waals surface area contributed by atoms with Crippen LogP contribution in [0.2, 0.25) is 5.02 Å². The van der Waals surface area contributed by atoms with Gasteiger partial charge in [0, 0.05) is 17.5 Å². The van der Waals surface area contributed by atoms with Crippen molar-refractivity contribution >= 4 is 11.6 Å². The van der Waals surface area contributed by atoms with Crippen molar-refractivity contribution in [2.75, 3.05) is 0 Å². The lowest BCUT2D eigenvalue weighted by atomic mass is 10.1. The number of nitrogens with zero attached hydrogens (tertiary/aromatic N) is 2. The van der Waals surface area contributed by atoms with Gasteiger partial charge >= 0.3 is 0 Å². The van der Waals surface area contributed by atoms with Gasteiger partial charge in [-0.3, -0.25) is 0 Å². The van der Waals surface area contributed by atoms with Gasteiger partial charge in [-0.25, -0.2) is 0 Å². The number of hydrogen-bond donors (Lipinski definition) is 1. The minimum absolute atomic E-state index is 0.105. The summed E-state index contributed by atoms with van der Waals surface area (Å²) in [5, 5.41) is 8.13. The van der Waals surface area contributed by atoms with E-state index in [4.69, 9.17) is 16.1 Å². The third kappa shape index (κ3) is 4.18. The first-order chi connectivity index (χ1) is 11.2. The van der Waals surface area contributed by atoms with Crippen molar-refractivity contribution in [1.82, 2.24) is 15.5 Å². The number of hydrogen-bond acceptors (Lipinski definition) is 4. The molecule has 0 fully saturated rings. The topological polar surface area (TPSA) is 51.0 Å². The predicted octanol–water partition coefficient (Wildman–Crippen LogP) is 4.16. The molecule has 118 valence electrons. The maximum Gasteiger partial charge on any atom is 0.240 e. The Labute approximate surface area is 140 Å². The molecule has 0 saturated heterocycles. The molecule has 0 amide bonds. The Morgan fingerprint density at radius 3 is 2.61 bits per heavy atom. The van der Waals surface area contributed by atoms with E-state index in [-0.39, 0.29) is 6.04 Å². The van der Waals surface area contributed by atoms with Crippen LogP contribution >= 0.6 is 11.6 Å². The fourth-order valence-electron chi connectivity index (χ4n) is 2.39. The van der Waals surface area contributed by atoms with Crippen LogP contribution in [-0.2, 0) is 13.0 Å². The molecule has 2 aromatic carbocycles. The van der Waals surface area contributed by atoms with E-state index < -0.39 is 0 Å². The summed E-state index contributed by atoms with van der Waals surface area (Å²) in [6.45, 7) is 2.57. The Bertz CT molecular complexity index is 758. The quantitative estimate of drug-likeness (QED) is 0.738. The molecule has 23 heavy (non-hydrogen) atoms. The third-order valence-corrected chi connectivity index (χ3v) is 3.99. The van der Waals surface area contributed by atoms with Gasteiger partial charge in [0.25, 0.3) is 0 Å². The number of benzene rings is 2. The van der Waals surface area contributed by atoms with Crippen molar-refractivity contribution in [3.8, 4) is 0 Å². The van der Waals surface area contributed by atoms with Gasteiger partial charge in [0.15, 0.2) is 5.82 Å². The van der Waals surface area contributed by atoms with Gasteiger partial charge in [-0.1, -0.05) is 65.3 Å². The summed E-state index contributed by atoms with van der Waals surface area (Å²) in [7, 11) is 0. The Balaban J connectivity index is 1.58. The van der Waals surface area contributed by atoms with Crippen LogP contribution in [-0.4, -0.2) is 10.1 Å². The minimum atomic E-state index is 0.105. The van der Waals surface area contributed by atoms with Crippen LogP contribution in [0.3, 0.4) is 0 Å². The molecule has 1 heterocycles. The molecule has 1 atom stereocenters. The molecule has 5 heteroatoms. The van der Waals surface area contributed by atoms with E-state index in [0.717, 1.165) is 16.1 Å². The molecular weight excluding hydrogens is 310 g/mol. The Kier molecular flexibility index (Phi) is 5.05. The highest BCUT2D eigenvalue weighted by Crippen LogP contribution is 2.22. The zero-order valence-electron chi connectivity index (χ0n) is 12.9. The Morgan fingerprint density at radius 1 is 1.09 bits per heavy atom. The Morgan fingerprint density at radius 2 is 1.83 bits per heavy atom. The Hall–Kier alpha value is -2.17. The summed E-state index contributed by atoms with van der Waals surface area (Å²) in [4.78, 5) is 4.42. The average molecular weight is 328 g/mol. The fourth-order valence-corrected chi connectivity index (χ4v) is 2.69. The number of halogens is 1. The fraction of sp³-hybridized carbons (Fsp3) is 0.222. The second-order valence-electron chi connectivity index (χ2n) is 5.39. The van der Waals surface area contributed by atoms with E-state index in [0.29, 0.717) is 24.7 Å². The average Bonchev–Trinajstić information content (AvgIpc) is 3.01. The predicted molar refractivity (Wildman–Crippen MR) is 90.3 cm³/mol. The van der Waals surface area contributed by atoms with E-state index in [9.17, 15) is 0 Å². The summed E-state index contributed by atoms with van der Waals surface area (Å²) in [5.41, 5.74) is 2.22. The first-order valence-corrected chi connectivity index (χ1v) is 7.93. The summed E-state index contributed by atoms with van der Waals surface area (Å²) < 4.78 is 5.30. The second kappa shape index (κ2) is 7.40. The minimum Gasteiger partial charge on any atom is -0.338 e. The molecule has 1 aromatic heterocycles. The lowest BCUT2D eigenvalue weighted by Crippen LogP contribution is -2.18. The van der Waals surface area contributed by atoms with Gasteiger partial charge in [-0.15, -0.1) is 0 Å². The second-order valence-corrected chi connectivity index (χ2v) is 5.80. The van der Waals surface area contributed by atoms with Crippen molar-refractivity contribution in [2.45, 2.75) is 25.9 Å². The van der Waals surface area contributed by atoms with Gasteiger partial charge in [-0.05, 0) is 24.1 Å². The molecule has 0 aliphatic heterocycles. The summed E-state index contributed by atoms with van der Waals surface area (Å²) >= 11 is 6.20. The van der Waals surface area contributed by atoms with Crippen molar-refractivity contribution < 1.29 is 4.52 Å². The van der Waals surface area contributed by atoms with Gasteiger partial charge in [-0.2, -0.15) is 4.98 Å². The molecule has 3 rings (SSSR count). The van der Waals surface area contributed by atoms with Crippen LogP contribution in [0.5, 0.6) is 0 Å². The van der Waals surface area contributed by atoms with E-state index in [1.54, 1.807) is 0 Å². The van der Waals surface area contributed by atoms with Crippen LogP contribution in [0.1, 0.15) is 35.8 Å². The van der Waals surface area contributed by atoms with E-state index in [2.05, 4.69) is 22.4 Å². The van der Waals surface area contributed by atoms with Crippen LogP contribution in [0.25, 0.3) is 0 Å². The van der Waals surface area contributed by atoms with Crippen molar-refractivity contribution in [3.63, 3.8) is 0 Å². The van der Waals surface area contributed by atoms with Crippen LogP contribution in [0, 0.1) is 0 Å². The zero-order valence-corrected chi connectivity index (χ0v) is 13.6. The molecule has 0 aliphatic carbocycles. The number of nitrogens with one attached hydrogen (secondary N) is 1. The number of aromatic nitrogens is 2. The molecule has 4 nitrogen and oxygen atoms in total. The van der Waals surface area contributed by atoms with E-state index >= 15 is 0 Å². The molecule has 0 bridgehead atoms. The first-order valence-electron chi connectivity index (χ1n) is 7.55. The first kappa shape index (κ1) is 15.7. The monoisotopic (exact) mass is 327 g/mol. The molecule has 1 N–H and O–H groups in total. The van der Waals surface area contributed by atoms with Crippen molar-refractivity contribution in [3.05, 3.63) is 82.5 Å². The van der Waals surface area contributed by atoms with Gasteiger partial charge in [0.1, 0.15) is 0 Å². The van der Waals surface area contributed by atoms with Crippen LogP contribution in [0.4, 0.5) is 0 Å². The molecule has 1 unspecified atom stereocenters. The summed E-state index contributed by atoms with van der Waals surface area (Å²) in [6, 6.07) is 18.0. The SMILES string of the molecule is CC(NCc1nc(Cc2ccccc2)no1)c1ccccc1Cl. The summed E-state index contributed by atoms with van der Waals surface area (Å²) in [6.07, 6.45) is 0.671. The lowest BCUT2D eigenvalue weighted by molar-refractivity contribution is 0.357. The molecular formula is C18H18ClN3O. The molecule has 0 spiro atoms. The van der Waals surface area contributed by atoms with Crippen molar-refractivity contribution in [1.29, 1.82) is 0 Å². The highest BCUT2D eigenvalue weighted by atomic mass is 35.5. The van der Waals surface area contributed by atoms with Crippen molar-refractivity contribution in [2.24, 2.45) is 0 Å². The summed E-state index contributed by atoms with van der Waals surface area (Å²) in [5.74, 6) is 1.27. The lowest BCUT2D eigenvalue weighted by Gasteiger charge is -2.13.